The number of hydrogen-bond donors (Lipinski definition) is 1. The molecule has 8 heteroatoms. The van der Waals surface area contributed by atoms with Crippen molar-refractivity contribution in [1.29, 1.82) is 0 Å². The number of furan rings is 1. The van der Waals surface area contributed by atoms with Gasteiger partial charge in [-0.25, -0.2) is 9.97 Å². The van der Waals surface area contributed by atoms with Crippen molar-refractivity contribution in [2.75, 3.05) is 12.4 Å². The Hall–Kier alpha value is -3.78. The van der Waals surface area contributed by atoms with Gasteiger partial charge in [0, 0.05) is 18.1 Å². The van der Waals surface area contributed by atoms with Crippen LogP contribution in [0.2, 0.25) is 0 Å². The third kappa shape index (κ3) is 5.43. The number of benzene rings is 1. The highest BCUT2D eigenvalue weighted by molar-refractivity contribution is 7.99. The zero-order valence-corrected chi connectivity index (χ0v) is 17.5. The fraction of sp³-hybridized carbons (Fsp3) is 0.0870. The summed E-state index contributed by atoms with van der Waals surface area (Å²) in [4.78, 5) is 21.1. The van der Waals surface area contributed by atoms with Crippen molar-refractivity contribution in [2.24, 2.45) is 0 Å². The fourth-order valence-electron chi connectivity index (χ4n) is 2.71. The van der Waals surface area contributed by atoms with Crippen LogP contribution in [0, 0.1) is 0 Å². The first kappa shape index (κ1) is 20.5. The summed E-state index contributed by atoms with van der Waals surface area (Å²) in [7, 11) is 1.58. The van der Waals surface area contributed by atoms with Crippen LogP contribution < -0.4 is 14.8 Å². The van der Waals surface area contributed by atoms with Crippen LogP contribution in [-0.4, -0.2) is 23.0 Å². The van der Waals surface area contributed by atoms with Crippen LogP contribution in [0.5, 0.6) is 11.5 Å². The number of nitrogens with zero attached hydrogens (tertiary/aromatic N) is 2. The maximum Gasteiger partial charge on any atom is 0.291 e. The first-order valence-electron chi connectivity index (χ1n) is 9.42. The standard InChI is InChI=1S/C23H19N3O4S/c1-28-18-6-2-3-7-19(18)29-15-17-9-10-20(30-17)23(27)26-16-11-13-25-22(14-16)31-21-8-4-5-12-24-21/h2-14H,15H2,1H3,(H,25,26,27). The quantitative estimate of drug-likeness (QED) is 0.416. The molecule has 4 rings (SSSR count). The molecule has 4 aromatic rings. The van der Waals surface area contributed by atoms with E-state index in [0.717, 1.165) is 10.1 Å². The second-order valence-electron chi connectivity index (χ2n) is 6.31. The number of ether oxygens (including phenoxy) is 2. The first-order valence-corrected chi connectivity index (χ1v) is 10.2. The SMILES string of the molecule is COc1ccccc1OCc1ccc(C(=O)Nc2ccnc(Sc3ccccn3)c2)o1. The van der Waals surface area contributed by atoms with Crippen LogP contribution in [0.25, 0.3) is 0 Å². The van der Waals surface area contributed by atoms with E-state index in [9.17, 15) is 4.79 Å². The van der Waals surface area contributed by atoms with Crippen molar-refractivity contribution in [1.82, 2.24) is 9.97 Å². The van der Waals surface area contributed by atoms with Gasteiger partial charge in [-0.1, -0.05) is 30.0 Å². The molecule has 1 aromatic carbocycles. The molecule has 0 aliphatic rings. The minimum absolute atomic E-state index is 0.174. The van der Waals surface area contributed by atoms with Crippen molar-refractivity contribution in [3.63, 3.8) is 0 Å². The maximum atomic E-state index is 12.6. The highest BCUT2D eigenvalue weighted by Crippen LogP contribution is 2.27. The number of pyridine rings is 2. The minimum Gasteiger partial charge on any atom is -0.493 e. The molecule has 0 saturated heterocycles. The molecular formula is C23H19N3O4S. The van der Waals surface area contributed by atoms with Crippen molar-refractivity contribution in [3.8, 4) is 11.5 Å². The van der Waals surface area contributed by atoms with Gasteiger partial charge in [0.15, 0.2) is 17.3 Å². The Morgan fingerprint density at radius 2 is 1.77 bits per heavy atom. The molecule has 0 aliphatic carbocycles. The van der Waals surface area contributed by atoms with Crippen molar-refractivity contribution in [3.05, 3.63) is 90.6 Å². The number of rotatable bonds is 8. The van der Waals surface area contributed by atoms with Crippen LogP contribution in [0.3, 0.4) is 0 Å². The topological polar surface area (TPSA) is 86.5 Å². The Bertz CT molecular complexity index is 1160. The number of aromatic nitrogens is 2. The van der Waals surface area contributed by atoms with Gasteiger partial charge in [-0.15, -0.1) is 0 Å². The largest absolute Gasteiger partial charge is 0.493 e. The molecule has 0 spiro atoms. The van der Waals surface area contributed by atoms with Crippen LogP contribution in [0.1, 0.15) is 16.3 Å². The Balaban J connectivity index is 1.37. The van der Waals surface area contributed by atoms with E-state index in [1.54, 1.807) is 49.8 Å². The van der Waals surface area contributed by atoms with E-state index in [-0.39, 0.29) is 18.3 Å². The first-order chi connectivity index (χ1) is 15.2. The molecule has 0 radical (unpaired) electrons. The molecule has 0 fully saturated rings. The maximum absolute atomic E-state index is 12.6. The van der Waals surface area contributed by atoms with Gasteiger partial charge in [0.1, 0.15) is 22.4 Å². The van der Waals surface area contributed by atoms with Crippen LogP contribution in [0.15, 0.2) is 93.6 Å². The Morgan fingerprint density at radius 1 is 0.968 bits per heavy atom. The zero-order valence-electron chi connectivity index (χ0n) is 16.6. The summed E-state index contributed by atoms with van der Waals surface area (Å²) in [6, 6.07) is 19.8. The van der Waals surface area contributed by atoms with Gasteiger partial charge in [-0.05, 0) is 48.5 Å². The normalized spacial score (nSPS) is 10.5. The molecule has 0 unspecified atom stereocenters. The summed E-state index contributed by atoms with van der Waals surface area (Å²) in [5.41, 5.74) is 0.613. The van der Waals surface area contributed by atoms with Crippen LogP contribution >= 0.6 is 11.8 Å². The van der Waals surface area contributed by atoms with E-state index in [1.165, 1.54) is 11.8 Å². The number of carbonyl (C=O) groups is 1. The number of anilines is 1. The van der Waals surface area contributed by atoms with E-state index in [4.69, 9.17) is 13.9 Å². The predicted octanol–water partition coefficient (Wildman–Crippen LogP) is 5.06. The Morgan fingerprint density at radius 3 is 2.58 bits per heavy atom. The number of carbonyl (C=O) groups excluding carboxylic acids is 1. The Kier molecular flexibility index (Phi) is 6.49. The van der Waals surface area contributed by atoms with E-state index in [0.29, 0.717) is 22.9 Å². The molecule has 31 heavy (non-hydrogen) atoms. The number of para-hydroxylation sites is 2. The molecule has 1 N–H and O–H groups in total. The molecule has 0 aliphatic heterocycles. The molecule has 156 valence electrons. The van der Waals surface area contributed by atoms with Gasteiger partial charge >= 0.3 is 0 Å². The van der Waals surface area contributed by atoms with Crippen LogP contribution in [-0.2, 0) is 6.61 Å². The highest BCUT2D eigenvalue weighted by atomic mass is 32.2. The lowest BCUT2D eigenvalue weighted by atomic mass is 10.3. The smallest absolute Gasteiger partial charge is 0.291 e. The van der Waals surface area contributed by atoms with Gasteiger partial charge in [0.05, 0.1) is 7.11 Å². The lowest BCUT2D eigenvalue weighted by Crippen LogP contribution is -2.11. The van der Waals surface area contributed by atoms with Gasteiger partial charge in [0.2, 0.25) is 0 Å². The summed E-state index contributed by atoms with van der Waals surface area (Å²) in [5, 5.41) is 4.37. The average Bonchev–Trinajstić information content (AvgIpc) is 3.28. The van der Waals surface area contributed by atoms with Gasteiger partial charge in [0.25, 0.3) is 5.91 Å². The van der Waals surface area contributed by atoms with Gasteiger partial charge < -0.3 is 19.2 Å². The summed E-state index contributed by atoms with van der Waals surface area (Å²) in [5.74, 6) is 1.58. The molecule has 7 nitrogen and oxygen atoms in total. The molecule has 0 bridgehead atoms. The zero-order chi connectivity index (χ0) is 21.5. The number of amides is 1. The van der Waals surface area contributed by atoms with Crippen molar-refractivity contribution in [2.45, 2.75) is 16.7 Å². The summed E-state index contributed by atoms with van der Waals surface area (Å²) >= 11 is 1.41. The monoisotopic (exact) mass is 433 g/mol. The highest BCUT2D eigenvalue weighted by Gasteiger charge is 2.13. The minimum atomic E-state index is -0.358. The van der Waals surface area contributed by atoms with Gasteiger partial charge in [-0.3, -0.25) is 4.79 Å². The molecule has 3 aromatic heterocycles. The number of methoxy groups -OCH3 is 1. The lowest BCUT2D eigenvalue weighted by Gasteiger charge is -2.08. The third-order valence-corrected chi connectivity index (χ3v) is 5.05. The van der Waals surface area contributed by atoms with E-state index >= 15 is 0 Å². The molecular weight excluding hydrogens is 414 g/mol. The summed E-state index contributed by atoms with van der Waals surface area (Å²) in [6.07, 6.45) is 3.36. The molecule has 0 saturated carbocycles. The summed E-state index contributed by atoms with van der Waals surface area (Å²) in [6.45, 7) is 0.174. The van der Waals surface area contributed by atoms with E-state index < -0.39 is 0 Å². The van der Waals surface area contributed by atoms with Crippen molar-refractivity contribution < 1.29 is 18.7 Å². The second-order valence-corrected chi connectivity index (χ2v) is 7.35. The molecule has 1 amide bonds. The van der Waals surface area contributed by atoms with Crippen molar-refractivity contribution >= 4 is 23.4 Å². The summed E-state index contributed by atoms with van der Waals surface area (Å²) < 4.78 is 16.6. The second kappa shape index (κ2) is 9.82. The Labute approximate surface area is 183 Å². The van der Waals surface area contributed by atoms with E-state index in [1.807, 2.05) is 36.4 Å². The molecule has 3 heterocycles. The molecule has 0 atom stereocenters. The third-order valence-electron chi connectivity index (χ3n) is 4.16. The van der Waals surface area contributed by atoms with Crippen LogP contribution in [0.4, 0.5) is 5.69 Å². The lowest BCUT2D eigenvalue weighted by molar-refractivity contribution is 0.0992. The number of nitrogens with one attached hydrogen (secondary N) is 1. The van der Waals surface area contributed by atoms with E-state index in [2.05, 4.69) is 15.3 Å². The van der Waals surface area contributed by atoms with Gasteiger partial charge in [-0.2, -0.15) is 0 Å². The fourth-order valence-corrected chi connectivity index (χ4v) is 3.49. The average molecular weight is 433 g/mol. The number of hydrogen-bond acceptors (Lipinski definition) is 7. The predicted molar refractivity (Wildman–Crippen MR) is 117 cm³/mol.